The van der Waals surface area contributed by atoms with Crippen LogP contribution in [0.15, 0.2) is 60.0 Å². The van der Waals surface area contributed by atoms with Crippen molar-refractivity contribution in [3.63, 3.8) is 0 Å². The van der Waals surface area contributed by atoms with Crippen molar-refractivity contribution >= 4 is 34.5 Å². The molecule has 1 fully saturated rings. The first kappa shape index (κ1) is 19.7. The largest absolute Gasteiger partial charge is 0.486 e. The van der Waals surface area contributed by atoms with E-state index in [-0.39, 0.29) is 5.91 Å². The summed E-state index contributed by atoms with van der Waals surface area (Å²) in [5, 5.41) is 6.97. The number of ether oxygens (including phenoxy) is 1. The number of nitrogens with one attached hydrogen (secondary N) is 1. The van der Waals surface area contributed by atoms with Crippen LogP contribution >= 0.6 is 22.9 Å². The number of carbonyl (C=O) groups excluding carboxylic acids is 1. The van der Waals surface area contributed by atoms with Crippen LogP contribution in [0.3, 0.4) is 0 Å². The molecule has 2 heterocycles. The molecule has 150 valence electrons. The minimum absolute atomic E-state index is 0.123. The molecule has 0 saturated carbocycles. The predicted octanol–water partition coefficient (Wildman–Crippen LogP) is 4.63. The van der Waals surface area contributed by atoms with Gasteiger partial charge in [0.25, 0.3) is 0 Å². The fourth-order valence-corrected chi connectivity index (χ4v) is 4.14. The van der Waals surface area contributed by atoms with Gasteiger partial charge in [-0.1, -0.05) is 29.8 Å². The number of para-hydroxylation sites is 1. The Morgan fingerprint density at radius 1 is 1.21 bits per heavy atom. The molecule has 1 amide bonds. The van der Waals surface area contributed by atoms with Crippen molar-refractivity contribution in [3.05, 3.63) is 75.7 Å². The minimum atomic E-state index is 0.123. The van der Waals surface area contributed by atoms with Crippen LogP contribution in [0, 0.1) is 0 Å². The minimum Gasteiger partial charge on any atom is -0.486 e. The molecule has 5 nitrogen and oxygen atoms in total. The number of likely N-dealkylation sites (tertiary alicyclic amines) is 1. The Labute approximate surface area is 179 Å². The second-order valence-corrected chi connectivity index (χ2v) is 8.37. The second-order valence-electron chi connectivity index (χ2n) is 6.99. The highest BCUT2D eigenvalue weighted by atomic mass is 35.5. The number of carbonyl (C=O) groups is 1. The standard InChI is InChI=1S/C22H22ClN3O2S/c23-16-6-8-20(9-7-16)28-14-21-25-19(15-29-21)12-22(27)26-11-10-18(13-26)24-17-4-2-1-3-5-17/h1-9,15,18,24H,10-14H2. The number of halogens is 1. The maximum absolute atomic E-state index is 12.7. The molecule has 1 N–H and O–H groups in total. The van der Waals surface area contributed by atoms with Gasteiger partial charge in [0.05, 0.1) is 12.1 Å². The van der Waals surface area contributed by atoms with Gasteiger partial charge >= 0.3 is 0 Å². The molecule has 1 unspecified atom stereocenters. The Kier molecular flexibility index (Phi) is 6.32. The van der Waals surface area contributed by atoms with Crippen molar-refractivity contribution in [3.8, 4) is 5.75 Å². The van der Waals surface area contributed by atoms with Gasteiger partial charge in [0, 0.05) is 35.2 Å². The van der Waals surface area contributed by atoms with E-state index in [1.807, 2.05) is 52.7 Å². The Bertz CT molecular complexity index is 946. The quantitative estimate of drug-likeness (QED) is 0.597. The summed E-state index contributed by atoms with van der Waals surface area (Å²) in [7, 11) is 0. The van der Waals surface area contributed by atoms with Crippen molar-refractivity contribution < 1.29 is 9.53 Å². The normalized spacial score (nSPS) is 16.0. The molecule has 0 radical (unpaired) electrons. The van der Waals surface area contributed by atoms with Gasteiger partial charge in [-0.2, -0.15) is 0 Å². The zero-order valence-corrected chi connectivity index (χ0v) is 17.5. The molecule has 1 aromatic heterocycles. The van der Waals surface area contributed by atoms with Crippen LogP contribution in [0.25, 0.3) is 0 Å². The molecule has 1 atom stereocenters. The number of rotatable bonds is 7. The zero-order valence-electron chi connectivity index (χ0n) is 15.9. The van der Waals surface area contributed by atoms with Crippen molar-refractivity contribution in [2.24, 2.45) is 0 Å². The molecule has 0 spiro atoms. The maximum Gasteiger partial charge on any atom is 0.228 e. The number of aromatic nitrogens is 1. The first-order valence-electron chi connectivity index (χ1n) is 9.57. The first-order valence-corrected chi connectivity index (χ1v) is 10.8. The topological polar surface area (TPSA) is 54.5 Å². The van der Waals surface area contributed by atoms with E-state index in [0.717, 1.165) is 41.6 Å². The molecule has 0 bridgehead atoms. The summed E-state index contributed by atoms with van der Waals surface area (Å²) in [6.07, 6.45) is 1.29. The lowest BCUT2D eigenvalue weighted by Crippen LogP contribution is -2.32. The van der Waals surface area contributed by atoms with E-state index in [0.29, 0.717) is 24.1 Å². The molecule has 7 heteroatoms. The summed E-state index contributed by atoms with van der Waals surface area (Å²) >= 11 is 7.39. The van der Waals surface area contributed by atoms with Crippen LogP contribution < -0.4 is 10.1 Å². The Balaban J connectivity index is 1.25. The molecular weight excluding hydrogens is 406 g/mol. The molecule has 0 aliphatic carbocycles. The summed E-state index contributed by atoms with van der Waals surface area (Å²) < 4.78 is 5.72. The van der Waals surface area contributed by atoms with Gasteiger partial charge in [0.15, 0.2) is 0 Å². The number of anilines is 1. The van der Waals surface area contributed by atoms with Gasteiger partial charge in [-0.15, -0.1) is 11.3 Å². The third-order valence-electron chi connectivity index (χ3n) is 4.79. The average molecular weight is 428 g/mol. The molecule has 1 saturated heterocycles. The number of nitrogens with zero attached hydrogens (tertiary/aromatic N) is 2. The summed E-state index contributed by atoms with van der Waals surface area (Å²) in [6.45, 7) is 1.89. The molecule has 29 heavy (non-hydrogen) atoms. The number of hydrogen-bond acceptors (Lipinski definition) is 5. The lowest BCUT2D eigenvalue weighted by atomic mass is 10.2. The van der Waals surface area contributed by atoms with E-state index in [1.165, 1.54) is 11.3 Å². The van der Waals surface area contributed by atoms with Crippen molar-refractivity contribution in [2.75, 3.05) is 18.4 Å². The average Bonchev–Trinajstić information content (AvgIpc) is 3.38. The Morgan fingerprint density at radius 3 is 2.79 bits per heavy atom. The van der Waals surface area contributed by atoms with Crippen LogP contribution in [0.4, 0.5) is 5.69 Å². The van der Waals surface area contributed by atoms with Crippen molar-refractivity contribution in [1.29, 1.82) is 0 Å². The van der Waals surface area contributed by atoms with Crippen LogP contribution in [-0.2, 0) is 17.8 Å². The molecule has 1 aliphatic rings. The van der Waals surface area contributed by atoms with Crippen LogP contribution in [0.2, 0.25) is 5.02 Å². The van der Waals surface area contributed by atoms with Crippen LogP contribution in [0.1, 0.15) is 17.1 Å². The van der Waals surface area contributed by atoms with E-state index in [4.69, 9.17) is 16.3 Å². The van der Waals surface area contributed by atoms with E-state index in [1.54, 1.807) is 12.1 Å². The van der Waals surface area contributed by atoms with Crippen molar-refractivity contribution in [1.82, 2.24) is 9.88 Å². The van der Waals surface area contributed by atoms with E-state index in [9.17, 15) is 4.79 Å². The molecule has 3 aromatic rings. The third-order valence-corrected chi connectivity index (χ3v) is 5.92. The van der Waals surface area contributed by atoms with Crippen molar-refractivity contribution in [2.45, 2.75) is 25.5 Å². The predicted molar refractivity (Wildman–Crippen MR) is 117 cm³/mol. The smallest absolute Gasteiger partial charge is 0.228 e. The highest BCUT2D eigenvalue weighted by Gasteiger charge is 2.26. The van der Waals surface area contributed by atoms with E-state index in [2.05, 4.69) is 10.3 Å². The second kappa shape index (κ2) is 9.29. The highest BCUT2D eigenvalue weighted by Crippen LogP contribution is 2.20. The van der Waals surface area contributed by atoms with E-state index >= 15 is 0 Å². The SMILES string of the molecule is O=C(Cc1csc(COc2ccc(Cl)cc2)n1)N1CCC(Nc2ccccc2)C1. The van der Waals surface area contributed by atoms with Crippen LogP contribution in [-0.4, -0.2) is 34.9 Å². The molecule has 4 rings (SSSR count). The fraction of sp³-hybridized carbons (Fsp3) is 0.273. The lowest BCUT2D eigenvalue weighted by molar-refractivity contribution is -0.129. The summed E-state index contributed by atoms with van der Waals surface area (Å²) in [4.78, 5) is 19.1. The van der Waals surface area contributed by atoms with E-state index < -0.39 is 0 Å². The molecule has 2 aromatic carbocycles. The van der Waals surface area contributed by atoms with Gasteiger partial charge in [0.1, 0.15) is 17.4 Å². The summed E-state index contributed by atoms with van der Waals surface area (Å²) in [6, 6.07) is 17.6. The highest BCUT2D eigenvalue weighted by molar-refractivity contribution is 7.09. The third kappa shape index (κ3) is 5.49. The van der Waals surface area contributed by atoms with Gasteiger partial charge in [-0.3, -0.25) is 4.79 Å². The van der Waals surface area contributed by atoms with Gasteiger partial charge in [0.2, 0.25) is 5.91 Å². The van der Waals surface area contributed by atoms with Gasteiger partial charge in [-0.25, -0.2) is 4.98 Å². The molecular formula is C22H22ClN3O2S. The monoisotopic (exact) mass is 427 g/mol. The number of hydrogen-bond donors (Lipinski definition) is 1. The van der Waals surface area contributed by atoms with Gasteiger partial charge < -0.3 is 15.0 Å². The maximum atomic E-state index is 12.7. The number of benzene rings is 2. The zero-order chi connectivity index (χ0) is 20.1. The van der Waals surface area contributed by atoms with Crippen LogP contribution in [0.5, 0.6) is 5.75 Å². The number of thiazole rings is 1. The Hall–Kier alpha value is -2.57. The first-order chi connectivity index (χ1) is 14.2. The molecule has 1 aliphatic heterocycles. The number of amides is 1. The summed E-state index contributed by atoms with van der Waals surface area (Å²) in [5.74, 6) is 0.870. The fourth-order valence-electron chi connectivity index (χ4n) is 3.31. The van der Waals surface area contributed by atoms with Gasteiger partial charge in [-0.05, 0) is 42.8 Å². The Morgan fingerprint density at radius 2 is 2.00 bits per heavy atom. The lowest BCUT2D eigenvalue weighted by Gasteiger charge is -2.17. The summed E-state index contributed by atoms with van der Waals surface area (Å²) in [5.41, 5.74) is 1.89.